The topological polar surface area (TPSA) is 77.3 Å². The van der Waals surface area contributed by atoms with Crippen LogP contribution in [0.25, 0.3) is 11.3 Å². The lowest BCUT2D eigenvalue weighted by Gasteiger charge is -2.31. The zero-order valence-corrected chi connectivity index (χ0v) is 18.5. The Morgan fingerprint density at radius 3 is 2.62 bits per heavy atom. The Labute approximate surface area is 187 Å². The third kappa shape index (κ3) is 4.55. The first-order chi connectivity index (χ1) is 15.6. The third-order valence-electron chi connectivity index (χ3n) is 5.50. The molecule has 0 aliphatic carbocycles. The monoisotopic (exact) mass is 437 g/mol. The maximum absolute atomic E-state index is 13.1. The number of benzene rings is 2. The third-order valence-corrected chi connectivity index (χ3v) is 5.50. The maximum atomic E-state index is 13.1. The zero-order valence-electron chi connectivity index (χ0n) is 18.5. The minimum absolute atomic E-state index is 0.223. The van der Waals surface area contributed by atoms with Crippen molar-refractivity contribution < 1.29 is 23.5 Å². The number of aromatic nitrogens is 1. The number of ether oxygens (including phenoxy) is 3. The van der Waals surface area contributed by atoms with Crippen molar-refractivity contribution >= 4 is 11.6 Å². The van der Waals surface area contributed by atoms with Gasteiger partial charge in [-0.25, -0.2) is 0 Å². The molecule has 0 saturated carbocycles. The van der Waals surface area contributed by atoms with Gasteiger partial charge in [-0.2, -0.15) is 0 Å². The smallest absolute Gasteiger partial charge is 0.276 e. The summed E-state index contributed by atoms with van der Waals surface area (Å²) in [6.07, 6.45) is 0. The number of anilines is 1. The molecular formula is C24H27N3O5. The molecule has 3 aromatic rings. The Bertz CT molecular complexity index is 1080. The summed E-state index contributed by atoms with van der Waals surface area (Å²) in [6.45, 7) is 3.54. The van der Waals surface area contributed by atoms with E-state index in [0.29, 0.717) is 42.6 Å². The average molecular weight is 437 g/mol. The molecule has 32 heavy (non-hydrogen) atoms. The Hall–Kier alpha value is -3.52. The van der Waals surface area contributed by atoms with Crippen molar-refractivity contribution in [3.8, 4) is 22.8 Å². The fourth-order valence-electron chi connectivity index (χ4n) is 3.79. The van der Waals surface area contributed by atoms with Crippen LogP contribution in [0.4, 0.5) is 5.69 Å². The van der Waals surface area contributed by atoms with E-state index >= 15 is 0 Å². The van der Waals surface area contributed by atoms with Crippen LogP contribution in [0.1, 0.15) is 16.1 Å². The van der Waals surface area contributed by atoms with E-state index < -0.39 is 0 Å². The van der Waals surface area contributed by atoms with Gasteiger partial charge in [0, 0.05) is 38.4 Å². The molecule has 1 aliphatic heterocycles. The molecule has 0 bridgehead atoms. The van der Waals surface area contributed by atoms with Crippen LogP contribution in [0, 0.1) is 0 Å². The Balaban J connectivity index is 1.53. The standard InChI is InChI=1S/C24H27N3O5/c1-26(16-17-6-4-5-7-21(17)27-10-12-31-13-11-27)24(28)20-15-23(32-25-20)19-14-18(29-2)8-9-22(19)30-3/h4-9,14-15H,10-13,16H2,1-3H3. The molecule has 1 saturated heterocycles. The molecule has 8 heteroatoms. The van der Waals surface area contributed by atoms with Gasteiger partial charge in [0.1, 0.15) is 11.5 Å². The quantitative estimate of drug-likeness (QED) is 0.560. The van der Waals surface area contributed by atoms with E-state index in [1.165, 1.54) is 0 Å². The van der Waals surface area contributed by atoms with E-state index in [1.54, 1.807) is 50.4 Å². The number of carbonyl (C=O) groups is 1. The normalized spacial score (nSPS) is 13.7. The van der Waals surface area contributed by atoms with Crippen LogP contribution in [-0.4, -0.2) is 63.5 Å². The van der Waals surface area contributed by atoms with E-state index in [2.05, 4.69) is 16.1 Å². The molecule has 2 heterocycles. The van der Waals surface area contributed by atoms with Crippen LogP contribution in [0.15, 0.2) is 53.1 Å². The number of morpholine rings is 1. The first-order valence-corrected chi connectivity index (χ1v) is 10.5. The highest BCUT2D eigenvalue weighted by Gasteiger charge is 2.22. The first-order valence-electron chi connectivity index (χ1n) is 10.5. The van der Waals surface area contributed by atoms with Gasteiger partial charge in [-0.1, -0.05) is 23.4 Å². The van der Waals surface area contributed by atoms with Gasteiger partial charge in [-0.3, -0.25) is 4.79 Å². The van der Waals surface area contributed by atoms with Crippen LogP contribution < -0.4 is 14.4 Å². The second-order valence-electron chi connectivity index (χ2n) is 7.53. The lowest BCUT2D eigenvalue weighted by Crippen LogP contribution is -2.37. The van der Waals surface area contributed by atoms with Gasteiger partial charge < -0.3 is 28.5 Å². The van der Waals surface area contributed by atoms with Crippen LogP contribution in [-0.2, 0) is 11.3 Å². The van der Waals surface area contributed by atoms with Gasteiger partial charge in [0.2, 0.25) is 0 Å². The fourth-order valence-corrected chi connectivity index (χ4v) is 3.79. The van der Waals surface area contributed by atoms with Gasteiger partial charge >= 0.3 is 0 Å². The van der Waals surface area contributed by atoms with Crippen molar-refractivity contribution in [3.63, 3.8) is 0 Å². The molecule has 2 aromatic carbocycles. The molecule has 4 rings (SSSR count). The molecule has 1 aromatic heterocycles. The molecular weight excluding hydrogens is 410 g/mol. The fraction of sp³-hybridized carbons (Fsp3) is 0.333. The maximum Gasteiger partial charge on any atom is 0.276 e. The number of hydrogen-bond acceptors (Lipinski definition) is 7. The molecule has 0 unspecified atom stereocenters. The van der Waals surface area contributed by atoms with Gasteiger partial charge in [0.15, 0.2) is 11.5 Å². The van der Waals surface area contributed by atoms with Crippen molar-refractivity contribution in [1.82, 2.24) is 10.1 Å². The number of amides is 1. The predicted molar refractivity (Wildman–Crippen MR) is 120 cm³/mol. The van der Waals surface area contributed by atoms with E-state index in [-0.39, 0.29) is 11.6 Å². The van der Waals surface area contributed by atoms with Crippen molar-refractivity contribution in [2.24, 2.45) is 0 Å². The highest BCUT2D eigenvalue weighted by molar-refractivity contribution is 5.93. The summed E-state index contributed by atoms with van der Waals surface area (Å²) in [5.41, 5.74) is 3.09. The summed E-state index contributed by atoms with van der Waals surface area (Å²) in [5.74, 6) is 1.47. The summed E-state index contributed by atoms with van der Waals surface area (Å²) < 4.78 is 21.6. The van der Waals surface area contributed by atoms with Crippen molar-refractivity contribution in [2.75, 3.05) is 52.5 Å². The zero-order chi connectivity index (χ0) is 22.5. The van der Waals surface area contributed by atoms with E-state index in [4.69, 9.17) is 18.7 Å². The Kier molecular flexibility index (Phi) is 6.61. The van der Waals surface area contributed by atoms with Gasteiger partial charge in [0.05, 0.1) is 33.0 Å². The molecule has 1 aliphatic rings. The van der Waals surface area contributed by atoms with Gasteiger partial charge in [0.25, 0.3) is 5.91 Å². The largest absolute Gasteiger partial charge is 0.497 e. The number of carbonyl (C=O) groups excluding carboxylic acids is 1. The number of hydrogen-bond donors (Lipinski definition) is 0. The molecule has 0 N–H and O–H groups in total. The van der Waals surface area contributed by atoms with E-state index in [1.807, 2.05) is 18.2 Å². The minimum Gasteiger partial charge on any atom is -0.497 e. The molecule has 0 spiro atoms. The van der Waals surface area contributed by atoms with E-state index in [0.717, 1.165) is 24.3 Å². The van der Waals surface area contributed by atoms with Gasteiger partial charge in [-0.05, 0) is 29.8 Å². The average Bonchev–Trinajstić information content (AvgIpc) is 3.34. The summed E-state index contributed by atoms with van der Waals surface area (Å²) >= 11 is 0. The molecule has 8 nitrogen and oxygen atoms in total. The van der Waals surface area contributed by atoms with Crippen LogP contribution in [0.2, 0.25) is 0 Å². The SMILES string of the molecule is COc1ccc(OC)c(-c2cc(C(=O)N(C)Cc3ccccc3N3CCOCC3)no2)c1. The van der Waals surface area contributed by atoms with Crippen molar-refractivity contribution in [1.29, 1.82) is 0 Å². The Morgan fingerprint density at radius 2 is 1.88 bits per heavy atom. The van der Waals surface area contributed by atoms with E-state index in [9.17, 15) is 4.79 Å². The molecule has 0 atom stereocenters. The minimum atomic E-state index is -0.223. The van der Waals surface area contributed by atoms with Crippen LogP contribution >= 0.6 is 0 Å². The predicted octanol–water partition coefficient (Wildman–Crippen LogP) is 3.47. The second-order valence-corrected chi connectivity index (χ2v) is 7.53. The van der Waals surface area contributed by atoms with Gasteiger partial charge in [-0.15, -0.1) is 0 Å². The molecule has 1 fully saturated rings. The lowest BCUT2D eigenvalue weighted by molar-refractivity contribution is 0.0774. The number of rotatable bonds is 7. The number of nitrogens with zero attached hydrogens (tertiary/aromatic N) is 3. The summed E-state index contributed by atoms with van der Waals surface area (Å²) in [5, 5.41) is 4.01. The highest BCUT2D eigenvalue weighted by atomic mass is 16.5. The first kappa shape index (κ1) is 21.7. The summed E-state index contributed by atoms with van der Waals surface area (Å²) in [7, 11) is 4.93. The molecule has 168 valence electrons. The molecule has 1 amide bonds. The number of para-hydroxylation sites is 1. The van der Waals surface area contributed by atoms with Crippen LogP contribution in [0.3, 0.4) is 0 Å². The van der Waals surface area contributed by atoms with Crippen molar-refractivity contribution in [3.05, 3.63) is 59.8 Å². The van der Waals surface area contributed by atoms with Crippen LogP contribution in [0.5, 0.6) is 11.5 Å². The second kappa shape index (κ2) is 9.74. The Morgan fingerprint density at radius 1 is 1.09 bits per heavy atom. The lowest BCUT2D eigenvalue weighted by atomic mass is 10.1. The van der Waals surface area contributed by atoms with Crippen molar-refractivity contribution in [2.45, 2.75) is 6.54 Å². The number of methoxy groups -OCH3 is 2. The summed E-state index contributed by atoms with van der Waals surface area (Å²) in [6, 6.07) is 15.1. The molecule has 0 radical (unpaired) electrons. The highest BCUT2D eigenvalue weighted by Crippen LogP contribution is 2.34. The summed E-state index contributed by atoms with van der Waals surface area (Å²) in [4.78, 5) is 17.0.